The van der Waals surface area contributed by atoms with Crippen molar-refractivity contribution in [1.29, 1.82) is 5.26 Å². The van der Waals surface area contributed by atoms with E-state index in [1.165, 1.54) is 17.0 Å². The Balaban J connectivity index is 1.32. The molecule has 6 nitrogen and oxygen atoms in total. The molecule has 194 valence electrons. The molecule has 1 fully saturated rings. The molecule has 0 atom stereocenters. The summed E-state index contributed by atoms with van der Waals surface area (Å²) in [5.74, 6) is 0.0411. The summed E-state index contributed by atoms with van der Waals surface area (Å²) < 4.78 is 21.0. The van der Waals surface area contributed by atoms with Gasteiger partial charge in [-0.2, -0.15) is 5.26 Å². The lowest BCUT2D eigenvalue weighted by molar-refractivity contribution is -0.123. The number of carbonyl (C=O) groups is 2. The molecule has 0 bridgehead atoms. The minimum Gasteiger partial charge on any atom is -0.489 e. The van der Waals surface area contributed by atoms with E-state index in [0.717, 1.165) is 40.0 Å². The van der Waals surface area contributed by atoms with Crippen LogP contribution in [0.15, 0.2) is 83.8 Å². The van der Waals surface area contributed by atoms with Crippen LogP contribution in [0.25, 0.3) is 11.8 Å². The summed E-state index contributed by atoms with van der Waals surface area (Å²) >= 11 is 0.904. The van der Waals surface area contributed by atoms with Gasteiger partial charge in [0.2, 0.25) is 0 Å². The van der Waals surface area contributed by atoms with Gasteiger partial charge in [0.05, 0.1) is 23.1 Å². The fraction of sp³-hybridized carbons (Fsp3) is 0.129. The van der Waals surface area contributed by atoms with Gasteiger partial charge in [-0.15, -0.1) is 0 Å². The number of aromatic nitrogens is 1. The average molecular weight is 538 g/mol. The van der Waals surface area contributed by atoms with Gasteiger partial charge in [-0.25, -0.2) is 4.39 Å². The normalized spacial score (nSPS) is 14.2. The maximum absolute atomic E-state index is 13.1. The second-order valence-electron chi connectivity index (χ2n) is 9.11. The summed E-state index contributed by atoms with van der Waals surface area (Å²) in [5.41, 5.74) is 5.62. The van der Waals surface area contributed by atoms with Crippen molar-refractivity contribution in [1.82, 2.24) is 9.47 Å². The first-order valence-electron chi connectivity index (χ1n) is 12.2. The Morgan fingerprint density at radius 3 is 2.44 bits per heavy atom. The fourth-order valence-corrected chi connectivity index (χ4v) is 5.31. The number of thioether (sulfide) groups is 1. The van der Waals surface area contributed by atoms with Crippen LogP contribution in [0.4, 0.5) is 9.18 Å². The van der Waals surface area contributed by atoms with Crippen LogP contribution in [0.3, 0.4) is 0 Å². The zero-order valence-corrected chi connectivity index (χ0v) is 22.2. The van der Waals surface area contributed by atoms with Crippen LogP contribution in [0.5, 0.6) is 5.75 Å². The Labute approximate surface area is 229 Å². The third-order valence-corrected chi connectivity index (χ3v) is 7.42. The van der Waals surface area contributed by atoms with E-state index in [1.54, 1.807) is 42.5 Å². The predicted octanol–water partition coefficient (Wildman–Crippen LogP) is 6.92. The largest absolute Gasteiger partial charge is 0.489 e. The van der Waals surface area contributed by atoms with Crippen LogP contribution >= 0.6 is 11.8 Å². The predicted molar refractivity (Wildman–Crippen MR) is 149 cm³/mol. The van der Waals surface area contributed by atoms with Gasteiger partial charge in [0.15, 0.2) is 0 Å². The van der Waals surface area contributed by atoms with E-state index >= 15 is 0 Å². The molecule has 1 aliphatic rings. The van der Waals surface area contributed by atoms with Gasteiger partial charge < -0.3 is 9.30 Å². The summed E-state index contributed by atoms with van der Waals surface area (Å²) in [5, 5.41) is 8.99. The molecule has 0 radical (unpaired) electrons. The van der Waals surface area contributed by atoms with Gasteiger partial charge in [-0.05, 0) is 96.9 Å². The SMILES string of the molecule is Cc1cc(/C=C2/SC(=O)N(Cc3ccccc3C#N)C2=O)c(C)n1-c1ccc(OCc2ccc(F)cc2)cc1. The molecule has 2 heterocycles. The molecule has 1 aromatic heterocycles. The number of hydrogen-bond acceptors (Lipinski definition) is 5. The fourth-order valence-electron chi connectivity index (χ4n) is 4.48. The monoisotopic (exact) mass is 537 g/mol. The molecule has 8 heteroatoms. The second-order valence-corrected chi connectivity index (χ2v) is 10.1. The summed E-state index contributed by atoms with van der Waals surface area (Å²) in [4.78, 5) is 27.3. The number of ether oxygens (including phenoxy) is 1. The van der Waals surface area contributed by atoms with Gasteiger partial charge in [-0.3, -0.25) is 14.5 Å². The standard InChI is InChI=1S/C31H24FN3O3S/c1-20-15-25(16-29-30(36)34(31(37)39-29)18-24-6-4-3-5-23(24)17-33)21(2)35(20)27-11-13-28(14-12-27)38-19-22-7-9-26(32)10-8-22/h3-16H,18-19H2,1-2H3/b29-16+. The maximum Gasteiger partial charge on any atom is 0.293 e. The zero-order chi connectivity index (χ0) is 27.5. The van der Waals surface area contributed by atoms with E-state index in [9.17, 15) is 19.2 Å². The third kappa shape index (κ3) is 5.49. The smallest absolute Gasteiger partial charge is 0.293 e. The minimum absolute atomic E-state index is 0.0559. The van der Waals surface area contributed by atoms with Crippen molar-refractivity contribution in [3.63, 3.8) is 0 Å². The topological polar surface area (TPSA) is 75.3 Å². The lowest BCUT2D eigenvalue weighted by atomic mass is 10.1. The Kier molecular flexibility index (Phi) is 7.35. The number of amides is 2. The summed E-state index contributed by atoms with van der Waals surface area (Å²) in [6.07, 6.45) is 1.75. The maximum atomic E-state index is 13.1. The zero-order valence-electron chi connectivity index (χ0n) is 21.3. The molecule has 2 amide bonds. The number of carbonyl (C=O) groups excluding carboxylic acids is 2. The molecule has 3 aromatic carbocycles. The van der Waals surface area contributed by atoms with Crippen molar-refractivity contribution in [3.8, 4) is 17.5 Å². The lowest BCUT2D eigenvalue weighted by Crippen LogP contribution is -2.27. The van der Waals surface area contributed by atoms with Gasteiger partial charge in [0.25, 0.3) is 11.1 Å². The van der Waals surface area contributed by atoms with Gasteiger partial charge in [0, 0.05) is 17.1 Å². The highest BCUT2D eigenvalue weighted by Crippen LogP contribution is 2.35. The highest BCUT2D eigenvalue weighted by molar-refractivity contribution is 8.18. The first kappa shape index (κ1) is 26.0. The molecule has 0 N–H and O–H groups in total. The molecule has 1 aliphatic heterocycles. The van der Waals surface area contributed by atoms with E-state index in [4.69, 9.17) is 4.74 Å². The molecule has 4 aromatic rings. The summed E-state index contributed by atoms with van der Waals surface area (Å²) in [6.45, 7) is 4.34. The Morgan fingerprint density at radius 2 is 1.72 bits per heavy atom. The van der Waals surface area contributed by atoms with Crippen LogP contribution in [0.2, 0.25) is 0 Å². The minimum atomic E-state index is -0.370. The number of aryl methyl sites for hydroxylation is 1. The number of hydrogen-bond donors (Lipinski definition) is 0. The molecular weight excluding hydrogens is 513 g/mol. The molecular formula is C31H24FN3O3S. The van der Waals surface area contributed by atoms with E-state index in [0.29, 0.717) is 28.4 Å². The number of nitriles is 1. The number of imide groups is 1. The van der Waals surface area contributed by atoms with Crippen molar-refractivity contribution in [2.75, 3.05) is 0 Å². The van der Waals surface area contributed by atoms with Crippen LogP contribution < -0.4 is 4.74 Å². The number of rotatable bonds is 7. The highest BCUT2D eigenvalue weighted by Gasteiger charge is 2.35. The Morgan fingerprint density at radius 1 is 1.00 bits per heavy atom. The molecule has 0 aliphatic carbocycles. The van der Waals surface area contributed by atoms with Crippen molar-refractivity contribution < 1.29 is 18.7 Å². The third-order valence-electron chi connectivity index (χ3n) is 6.51. The van der Waals surface area contributed by atoms with E-state index in [-0.39, 0.29) is 23.5 Å². The van der Waals surface area contributed by atoms with Crippen molar-refractivity contribution in [2.24, 2.45) is 0 Å². The molecule has 0 unspecified atom stereocenters. The summed E-state index contributed by atoms with van der Waals surface area (Å²) in [6, 6.07) is 24.9. The average Bonchev–Trinajstić information content (AvgIpc) is 3.37. The highest BCUT2D eigenvalue weighted by atomic mass is 32.2. The lowest BCUT2D eigenvalue weighted by Gasteiger charge is -2.13. The van der Waals surface area contributed by atoms with Gasteiger partial charge in [-0.1, -0.05) is 30.3 Å². The van der Waals surface area contributed by atoms with Gasteiger partial charge >= 0.3 is 0 Å². The Hall–Kier alpha value is -4.61. The molecule has 1 saturated heterocycles. The molecule has 39 heavy (non-hydrogen) atoms. The van der Waals surface area contributed by atoms with Crippen molar-refractivity contribution in [3.05, 3.63) is 123 Å². The van der Waals surface area contributed by atoms with Crippen LogP contribution in [-0.4, -0.2) is 20.6 Å². The first-order chi connectivity index (χ1) is 18.8. The number of halogens is 1. The van der Waals surface area contributed by atoms with E-state index < -0.39 is 0 Å². The quantitative estimate of drug-likeness (QED) is 0.239. The van der Waals surface area contributed by atoms with Crippen LogP contribution in [0, 0.1) is 31.0 Å². The van der Waals surface area contributed by atoms with E-state index in [2.05, 4.69) is 10.6 Å². The second kappa shape index (κ2) is 11.0. The summed E-state index contributed by atoms with van der Waals surface area (Å²) in [7, 11) is 0. The van der Waals surface area contributed by atoms with Crippen LogP contribution in [-0.2, 0) is 17.9 Å². The molecule has 5 rings (SSSR count). The number of benzene rings is 3. The van der Waals surface area contributed by atoms with Crippen molar-refractivity contribution >= 4 is 29.0 Å². The Bertz CT molecular complexity index is 1630. The van der Waals surface area contributed by atoms with E-state index in [1.807, 2.05) is 44.2 Å². The molecule has 0 saturated carbocycles. The number of nitrogens with zero attached hydrogens (tertiary/aromatic N) is 3. The molecule has 0 spiro atoms. The van der Waals surface area contributed by atoms with Crippen molar-refractivity contribution in [2.45, 2.75) is 27.0 Å². The van der Waals surface area contributed by atoms with Crippen LogP contribution in [0.1, 0.15) is 33.6 Å². The first-order valence-corrected chi connectivity index (χ1v) is 13.1. The van der Waals surface area contributed by atoms with Gasteiger partial charge in [0.1, 0.15) is 18.2 Å².